The van der Waals surface area contributed by atoms with Crippen LogP contribution in [0.1, 0.15) is 50.3 Å². The van der Waals surface area contributed by atoms with Crippen molar-refractivity contribution in [3.05, 3.63) is 22.4 Å². The molecule has 3 nitrogen and oxygen atoms in total. The minimum atomic E-state index is -0.186. The summed E-state index contributed by atoms with van der Waals surface area (Å²) in [5.41, 5.74) is 1.10. The van der Waals surface area contributed by atoms with Crippen molar-refractivity contribution in [1.82, 2.24) is 10.2 Å². The molecule has 0 bridgehead atoms. The third kappa shape index (κ3) is 1.64. The Morgan fingerprint density at radius 3 is 2.45 bits per heavy atom. The Morgan fingerprint density at radius 1 is 1.25 bits per heavy atom. The van der Waals surface area contributed by atoms with Crippen molar-refractivity contribution < 1.29 is 4.79 Å². The monoisotopic (exact) mass is 288 g/mol. The van der Waals surface area contributed by atoms with Gasteiger partial charge in [0, 0.05) is 6.04 Å². The molecule has 20 heavy (non-hydrogen) atoms. The molecule has 4 aliphatic rings. The molecule has 1 aromatic heterocycles. The van der Waals surface area contributed by atoms with Crippen LogP contribution in [0.4, 0.5) is 0 Å². The smallest absolute Gasteiger partial charge is 0.244 e. The summed E-state index contributed by atoms with van der Waals surface area (Å²) in [5.74, 6) is 1.96. The summed E-state index contributed by atoms with van der Waals surface area (Å²) in [7, 11) is 0. The fourth-order valence-corrected chi connectivity index (χ4v) is 4.62. The average molecular weight is 288 g/mol. The molecule has 1 spiro atoms. The third-order valence-corrected chi connectivity index (χ3v) is 6.18. The second kappa shape index (κ2) is 3.86. The molecule has 1 aliphatic heterocycles. The third-order valence-electron chi connectivity index (χ3n) is 5.48. The Morgan fingerprint density at radius 2 is 1.95 bits per heavy atom. The van der Waals surface area contributed by atoms with Crippen molar-refractivity contribution >= 4 is 17.2 Å². The lowest BCUT2D eigenvalue weighted by Crippen LogP contribution is -2.43. The van der Waals surface area contributed by atoms with E-state index in [1.807, 2.05) is 0 Å². The van der Waals surface area contributed by atoms with Gasteiger partial charge in [-0.15, -0.1) is 0 Å². The fourth-order valence-electron chi connectivity index (χ4n) is 3.94. The molecular formula is C16H20N2OS. The SMILES string of the molecule is O=C1N(C(C2CC2)C2CC2)C(c2ccsc2)NC12CC2. The van der Waals surface area contributed by atoms with Crippen LogP contribution in [0.5, 0.6) is 0 Å². The maximum Gasteiger partial charge on any atom is 0.244 e. The zero-order chi connectivity index (χ0) is 13.3. The van der Waals surface area contributed by atoms with Gasteiger partial charge in [0.25, 0.3) is 0 Å². The minimum Gasteiger partial charge on any atom is -0.318 e. The number of carbonyl (C=O) groups excluding carboxylic acids is 1. The Bertz CT molecular complexity index is 531. The topological polar surface area (TPSA) is 32.3 Å². The van der Waals surface area contributed by atoms with Crippen molar-refractivity contribution in [2.24, 2.45) is 11.8 Å². The van der Waals surface area contributed by atoms with Crippen molar-refractivity contribution in [3.63, 3.8) is 0 Å². The van der Waals surface area contributed by atoms with Crippen LogP contribution in [-0.2, 0) is 4.79 Å². The van der Waals surface area contributed by atoms with Crippen LogP contribution in [-0.4, -0.2) is 22.4 Å². The number of carbonyl (C=O) groups is 1. The van der Waals surface area contributed by atoms with E-state index in [1.165, 1.54) is 31.2 Å². The number of hydrogen-bond donors (Lipinski definition) is 1. The molecule has 1 unspecified atom stereocenters. The molecule has 1 atom stereocenters. The van der Waals surface area contributed by atoms with Crippen LogP contribution in [0.3, 0.4) is 0 Å². The zero-order valence-electron chi connectivity index (χ0n) is 11.5. The molecule has 106 valence electrons. The molecule has 1 aromatic rings. The minimum absolute atomic E-state index is 0.141. The standard InChI is InChI=1S/C16H20N2OS/c19-15-16(6-7-16)17-14(12-5-8-20-9-12)18(15)13(10-1-2-10)11-3-4-11/h5,8-11,13-14,17H,1-4,6-7H2. The highest BCUT2D eigenvalue weighted by Crippen LogP contribution is 2.54. The van der Waals surface area contributed by atoms with Crippen LogP contribution < -0.4 is 5.32 Å². The van der Waals surface area contributed by atoms with Crippen LogP contribution in [0.15, 0.2) is 16.8 Å². The Kier molecular flexibility index (Phi) is 2.27. The first kappa shape index (κ1) is 11.8. The van der Waals surface area contributed by atoms with Crippen LogP contribution in [0.2, 0.25) is 0 Å². The van der Waals surface area contributed by atoms with Crippen molar-refractivity contribution in [1.29, 1.82) is 0 Å². The van der Waals surface area contributed by atoms with E-state index in [1.54, 1.807) is 11.3 Å². The summed E-state index contributed by atoms with van der Waals surface area (Å²) < 4.78 is 0. The summed E-state index contributed by atoms with van der Waals surface area (Å²) in [5, 5.41) is 8.00. The van der Waals surface area contributed by atoms with Gasteiger partial charge in [-0.25, -0.2) is 0 Å². The first-order chi connectivity index (χ1) is 9.78. The maximum absolute atomic E-state index is 13.0. The van der Waals surface area contributed by atoms with Gasteiger partial charge >= 0.3 is 0 Å². The predicted molar refractivity (Wildman–Crippen MR) is 78.2 cm³/mol. The molecule has 5 rings (SSSR count). The highest BCUT2D eigenvalue weighted by Gasteiger charge is 2.63. The van der Waals surface area contributed by atoms with Gasteiger partial charge in [-0.2, -0.15) is 11.3 Å². The highest BCUT2D eigenvalue weighted by atomic mass is 32.1. The molecule has 3 aliphatic carbocycles. The molecule has 1 N–H and O–H groups in total. The summed E-state index contributed by atoms with van der Waals surface area (Å²) in [6.07, 6.45) is 7.52. The molecule has 3 saturated carbocycles. The van der Waals surface area contributed by atoms with E-state index in [0.717, 1.165) is 24.7 Å². The highest BCUT2D eigenvalue weighted by molar-refractivity contribution is 7.08. The van der Waals surface area contributed by atoms with E-state index in [0.29, 0.717) is 11.9 Å². The number of thiophene rings is 1. The second-order valence-corrected chi connectivity index (χ2v) is 7.84. The van der Waals surface area contributed by atoms with Gasteiger partial charge in [0.2, 0.25) is 5.91 Å². The molecule has 2 heterocycles. The zero-order valence-corrected chi connectivity index (χ0v) is 12.4. The van der Waals surface area contributed by atoms with Gasteiger partial charge in [0.1, 0.15) is 11.7 Å². The van der Waals surface area contributed by atoms with E-state index in [4.69, 9.17) is 0 Å². The van der Waals surface area contributed by atoms with Crippen LogP contribution >= 0.6 is 11.3 Å². The molecular weight excluding hydrogens is 268 g/mol. The number of amides is 1. The van der Waals surface area contributed by atoms with Gasteiger partial charge in [-0.1, -0.05) is 0 Å². The summed E-state index contributed by atoms with van der Waals surface area (Å²) in [6, 6.07) is 2.70. The molecule has 4 fully saturated rings. The fraction of sp³-hybridized carbons (Fsp3) is 0.688. The number of hydrogen-bond acceptors (Lipinski definition) is 3. The Labute approximate surface area is 123 Å². The van der Waals surface area contributed by atoms with Gasteiger partial charge in [-0.05, 0) is 72.8 Å². The summed E-state index contributed by atoms with van der Waals surface area (Å²) in [6.45, 7) is 0. The lowest BCUT2D eigenvalue weighted by atomic mass is 10.0. The Balaban J connectivity index is 1.54. The number of nitrogens with one attached hydrogen (secondary N) is 1. The van der Waals surface area contributed by atoms with E-state index in [9.17, 15) is 4.79 Å². The molecule has 0 aromatic carbocycles. The van der Waals surface area contributed by atoms with Crippen molar-refractivity contribution in [2.75, 3.05) is 0 Å². The molecule has 0 radical (unpaired) electrons. The van der Waals surface area contributed by atoms with Crippen molar-refractivity contribution in [3.8, 4) is 0 Å². The van der Waals surface area contributed by atoms with Crippen LogP contribution in [0.25, 0.3) is 0 Å². The summed E-state index contributed by atoms with van der Waals surface area (Å²) >= 11 is 1.73. The summed E-state index contributed by atoms with van der Waals surface area (Å²) in [4.78, 5) is 15.2. The van der Waals surface area contributed by atoms with E-state index >= 15 is 0 Å². The predicted octanol–water partition coefficient (Wildman–Crippen LogP) is 2.90. The van der Waals surface area contributed by atoms with Crippen molar-refractivity contribution in [2.45, 2.75) is 56.3 Å². The lowest BCUT2D eigenvalue weighted by Gasteiger charge is -2.33. The number of rotatable bonds is 4. The largest absolute Gasteiger partial charge is 0.318 e. The normalized spacial score (nSPS) is 31.6. The van der Waals surface area contributed by atoms with Gasteiger partial charge in [0.05, 0.1) is 0 Å². The lowest BCUT2D eigenvalue weighted by molar-refractivity contribution is -0.134. The van der Waals surface area contributed by atoms with E-state index in [2.05, 4.69) is 27.0 Å². The van der Waals surface area contributed by atoms with E-state index in [-0.39, 0.29) is 11.7 Å². The van der Waals surface area contributed by atoms with Crippen LogP contribution in [0, 0.1) is 11.8 Å². The molecule has 4 heteroatoms. The number of nitrogens with zero attached hydrogens (tertiary/aromatic N) is 1. The first-order valence-electron chi connectivity index (χ1n) is 7.91. The first-order valence-corrected chi connectivity index (χ1v) is 8.85. The Hall–Kier alpha value is -0.870. The average Bonchev–Trinajstić information content (AvgIpc) is 3.31. The van der Waals surface area contributed by atoms with Gasteiger partial charge in [-0.3, -0.25) is 10.1 Å². The maximum atomic E-state index is 13.0. The molecule has 1 saturated heterocycles. The molecule has 1 amide bonds. The quantitative estimate of drug-likeness (QED) is 0.924. The van der Waals surface area contributed by atoms with E-state index < -0.39 is 0 Å². The second-order valence-electron chi connectivity index (χ2n) is 7.06. The van der Waals surface area contributed by atoms with Gasteiger partial charge in [0.15, 0.2) is 0 Å². The van der Waals surface area contributed by atoms with Gasteiger partial charge < -0.3 is 4.90 Å².